The zero-order chi connectivity index (χ0) is 20.2. The lowest BCUT2D eigenvalue weighted by atomic mass is 10.1. The molecule has 1 N–H and O–H groups in total. The van der Waals surface area contributed by atoms with Gasteiger partial charge >= 0.3 is 0 Å². The fourth-order valence-electron chi connectivity index (χ4n) is 3.21. The standard InChI is InChI=1S/C23H19FN2O3/c24-18-8-6-17(7-9-18)14-26-20-11-10-19(13-21(20)29-15-23(26)28)25-22(27)12-16-4-2-1-3-5-16/h1-11,13H,12,14-15H2,(H,25,27). The van der Waals surface area contributed by atoms with Gasteiger partial charge in [0, 0.05) is 11.8 Å². The summed E-state index contributed by atoms with van der Waals surface area (Å²) in [5.74, 6) is -0.114. The van der Waals surface area contributed by atoms with Gasteiger partial charge in [-0.25, -0.2) is 4.39 Å². The normalized spacial score (nSPS) is 12.9. The van der Waals surface area contributed by atoms with Crippen LogP contribution < -0.4 is 15.0 Å². The molecule has 0 unspecified atom stereocenters. The van der Waals surface area contributed by atoms with E-state index in [9.17, 15) is 14.0 Å². The van der Waals surface area contributed by atoms with Crippen molar-refractivity contribution in [2.75, 3.05) is 16.8 Å². The summed E-state index contributed by atoms with van der Waals surface area (Å²) in [6, 6.07) is 20.7. The van der Waals surface area contributed by atoms with Crippen LogP contribution in [0.3, 0.4) is 0 Å². The van der Waals surface area contributed by atoms with E-state index in [1.54, 1.807) is 35.2 Å². The van der Waals surface area contributed by atoms with Crippen LogP contribution in [0.4, 0.5) is 15.8 Å². The molecule has 0 radical (unpaired) electrons. The van der Waals surface area contributed by atoms with E-state index in [-0.39, 0.29) is 30.7 Å². The molecule has 0 atom stereocenters. The third-order valence-corrected chi connectivity index (χ3v) is 4.65. The van der Waals surface area contributed by atoms with Crippen LogP contribution in [-0.2, 0) is 22.6 Å². The van der Waals surface area contributed by atoms with Crippen molar-refractivity contribution in [3.63, 3.8) is 0 Å². The molecule has 0 saturated heterocycles. The van der Waals surface area contributed by atoms with E-state index in [4.69, 9.17) is 4.74 Å². The Kier molecular flexibility index (Phi) is 5.24. The summed E-state index contributed by atoms with van der Waals surface area (Å²) in [5.41, 5.74) is 2.95. The highest BCUT2D eigenvalue weighted by atomic mass is 19.1. The topological polar surface area (TPSA) is 58.6 Å². The Hall–Kier alpha value is -3.67. The first-order chi connectivity index (χ1) is 14.1. The predicted octanol–water partition coefficient (Wildman–Crippen LogP) is 3.93. The van der Waals surface area contributed by atoms with Crippen LogP contribution in [0, 0.1) is 5.82 Å². The highest BCUT2D eigenvalue weighted by Crippen LogP contribution is 2.35. The quantitative estimate of drug-likeness (QED) is 0.718. The van der Waals surface area contributed by atoms with Gasteiger partial charge in [0.15, 0.2) is 6.61 Å². The smallest absolute Gasteiger partial charge is 0.265 e. The number of nitrogens with one attached hydrogen (secondary N) is 1. The van der Waals surface area contributed by atoms with Crippen LogP contribution in [0.25, 0.3) is 0 Å². The largest absolute Gasteiger partial charge is 0.481 e. The maximum absolute atomic E-state index is 13.1. The van der Waals surface area contributed by atoms with Crippen LogP contribution in [0.15, 0.2) is 72.8 Å². The van der Waals surface area contributed by atoms with Crippen molar-refractivity contribution in [3.8, 4) is 5.75 Å². The molecule has 1 aliphatic rings. The predicted molar refractivity (Wildman–Crippen MR) is 108 cm³/mol. The molecule has 5 nitrogen and oxygen atoms in total. The van der Waals surface area contributed by atoms with Gasteiger partial charge in [0.25, 0.3) is 5.91 Å². The molecule has 0 bridgehead atoms. The SMILES string of the molecule is O=C(Cc1ccccc1)Nc1ccc2c(c1)OCC(=O)N2Cc1ccc(F)cc1. The molecule has 1 heterocycles. The third-order valence-electron chi connectivity index (χ3n) is 4.65. The average Bonchev–Trinajstić information content (AvgIpc) is 2.72. The monoisotopic (exact) mass is 390 g/mol. The molecule has 0 spiro atoms. The summed E-state index contributed by atoms with van der Waals surface area (Å²) in [7, 11) is 0. The second-order valence-electron chi connectivity index (χ2n) is 6.79. The number of halogens is 1. The number of hydrogen-bond acceptors (Lipinski definition) is 3. The zero-order valence-electron chi connectivity index (χ0n) is 15.6. The number of anilines is 2. The van der Waals surface area contributed by atoms with E-state index in [0.29, 0.717) is 23.7 Å². The Bertz CT molecular complexity index is 1040. The summed E-state index contributed by atoms with van der Waals surface area (Å²) in [4.78, 5) is 26.2. The van der Waals surface area contributed by atoms with Crippen LogP contribution in [-0.4, -0.2) is 18.4 Å². The summed E-state index contributed by atoms with van der Waals surface area (Å²) in [5, 5.41) is 2.86. The van der Waals surface area contributed by atoms with E-state index in [1.165, 1.54) is 12.1 Å². The number of ether oxygens (including phenoxy) is 1. The number of amides is 2. The molecule has 146 valence electrons. The summed E-state index contributed by atoms with van der Waals surface area (Å²) in [6.07, 6.45) is 0.272. The van der Waals surface area contributed by atoms with Crippen molar-refractivity contribution in [2.45, 2.75) is 13.0 Å². The van der Waals surface area contributed by atoms with Gasteiger partial charge in [0.1, 0.15) is 11.6 Å². The first-order valence-corrected chi connectivity index (χ1v) is 9.24. The molecule has 0 aliphatic carbocycles. The van der Waals surface area contributed by atoms with Crippen molar-refractivity contribution in [1.29, 1.82) is 0 Å². The Balaban J connectivity index is 1.49. The average molecular weight is 390 g/mol. The van der Waals surface area contributed by atoms with Gasteiger partial charge in [-0.3, -0.25) is 9.59 Å². The first kappa shape index (κ1) is 18.7. The molecule has 6 heteroatoms. The molecular weight excluding hydrogens is 371 g/mol. The number of benzene rings is 3. The lowest BCUT2D eigenvalue weighted by Gasteiger charge is -2.29. The molecule has 4 rings (SSSR count). The van der Waals surface area contributed by atoms with E-state index < -0.39 is 0 Å². The molecule has 0 aromatic heterocycles. The van der Waals surface area contributed by atoms with Gasteiger partial charge < -0.3 is 15.0 Å². The summed E-state index contributed by atoms with van der Waals surface area (Å²) in [6.45, 7) is 0.227. The van der Waals surface area contributed by atoms with Crippen molar-refractivity contribution >= 4 is 23.2 Å². The first-order valence-electron chi connectivity index (χ1n) is 9.24. The van der Waals surface area contributed by atoms with Crippen molar-refractivity contribution in [3.05, 3.63) is 89.7 Å². The Morgan fingerprint density at radius 3 is 2.52 bits per heavy atom. The molecule has 29 heavy (non-hydrogen) atoms. The lowest BCUT2D eigenvalue weighted by Crippen LogP contribution is -2.38. The number of carbonyl (C=O) groups excluding carboxylic acids is 2. The van der Waals surface area contributed by atoms with E-state index in [0.717, 1.165) is 11.1 Å². The Labute approximate surface area is 167 Å². The van der Waals surface area contributed by atoms with Crippen LogP contribution in [0.1, 0.15) is 11.1 Å². The Morgan fingerprint density at radius 2 is 1.76 bits per heavy atom. The highest BCUT2D eigenvalue weighted by Gasteiger charge is 2.26. The van der Waals surface area contributed by atoms with Gasteiger partial charge in [0.2, 0.25) is 5.91 Å². The van der Waals surface area contributed by atoms with Crippen molar-refractivity contribution in [2.24, 2.45) is 0 Å². The van der Waals surface area contributed by atoms with Gasteiger partial charge in [0.05, 0.1) is 18.7 Å². The van der Waals surface area contributed by atoms with E-state index in [2.05, 4.69) is 5.32 Å². The van der Waals surface area contributed by atoms with Gasteiger partial charge in [-0.15, -0.1) is 0 Å². The zero-order valence-corrected chi connectivity index (χ0v) is 15.6. The third kappa shape index (κ3) is 4.43. The van der Waals surface area contributed by atoms with Crippen molar-refractivity contribution < 1.29 is 18.7 Å². The number of fused-ring (bicyclic) bond motifs is 1. The van der Waals surface area contributed by atoms with Gasteiger partial charge in [-0.2, -0.15) is 0 Å². The number of nitrogens with zero attached hydrogens (tertiary/aromatic N) is 1. The van der Waals surface area contributed by atoms with E-state index >= 15 is 0 Å². The summed E-state index contributed by atoms with van der Waals surface area (Å²) < 4.78 is 18.7. The second kappa shape index (κ2) is 8.14. The second-order valence-corrected chi connectivity index (χ2v) is 6.79. The minimum absolute atomic E-state index is 0.0877. The van der Waals surface area contributed by atoms with Gasteiger partial charge in [-0.1, -0.05) is 42.5 Å². The Morgan fingerprint density at radius 1 is 1.00 bits per heavy atom. The lowest BCUT2D eigenvalue weighted by molar-refractivity contribution is -0.121. The van der Waals surface area contributed by atoms with Crippen LogP contribution in [0.5, 0.6) is 5.75 Å². The minimum atomic E-state index is -0.321. The molecule has 3 aromatic rings. The molecular formula is C23H19FN2O3. The number of carbonyl (C=O) groups is 2. The highest BCUT2D eigenvalue weighted by molar-refractivity contribution is 5.99. The summed E-state index contributed by atoms with van der Waals surface area (Å²) >= 11 is 0. The van der Waals surface area contributed by atoms with Crippen LogP contribution >= 0.6 is 0 Å². The fraction of sp³-hybridized carbons (Fsp3) is 0.130. The molecule has 2 amide bonds. The van der Waals surface area contributed by atoms with E-state index in [1.807, 2.05) is 30.3 Å². The minimum Gasteiger partial charge on any atom is -0.481 e. The number of hydrogen-bond donors (Lipinski definition) is 1. The maximum atomic E-state index is 13.1. The maximum Gasteiger partial charge on any atom is 0.265 e. The molecule has 3 aromatic carbocycles. The van der Waals surface area contributed by atoms with Crippen molar-refractivity contribution in [1.82, 2.24) is 0 Å². The molecule has 1 aliphatic heterocycles. The van der Waals surface area contributed by atoms with Crippen LogP contribution in [0.2, 0.25) is 0 Å². The molecule has 0 saturated carbocycles. The number of rotatable bonds is 5. The fourth-order valence-corrected chi connectivity index (χ4v) is 3.21. The van der Waals surface area contributed by atoms with Gasteiger partial charge in [-0.05, 0) is 35.4 Å². The molecule has 0 fully saturated rings.